The van der Waals surface area contributed by atoms with Crippen LogP contribution in [0.25, 0.3) is 0 Å². The summed E-state index contributed by atoms with van der Waals surface area (Å²) < 4.78 is 0. The van der Waals surface area contributed by atoms with Crippen molar-refractivity contribution in [3.63, 3.8) is 0 Å². The summed E-state index contributed by atoms with van der Waals surface area (Å²) in [4.78, 5) is 27.9. The molecular weight excluding hydrogens is 334 g/mol. The molecule has 1 aromatic carbocycles. The van der Waals surface area contributed by atoms with Gasteiger partial charge < -0.3 is 16.0 Å². The van der Waals surface area contributed by atoms with Gasteiger partial charge >= 0.3 is 0 Å². The molecule has 1 saturated carbocycles. The number of carbonyl (C=O) groups excluding carboxylic acids is 2. The number of anilines is 1. The Hall–Kier alpha value is -2.18. The third kappa shape index (κ3) is 3.07. The lowest BCUT2D eigenvalue weighted by Crippen LogP contribution is -2.34. The van der Waals surface area contributed by atoms with Crippen LogP contribution in [0.3, 0.4) is 0 Å². The number of hydrogen-bond acceptors (Lipinski definition) is 4. The van der Waals surface area contributed by atoms with Crippen molar-refractivity contribution in [2.24, 2.45) is 17.6 Å². The van der Waals surface area contributed by atoms with Crippen molar-refractivity contribution in [3.05, 3.63) is 52.2 Å². The van der Waals surface area contributed by atoms with Crippen molar-refractivity contribution in [2.45, 2.75) is 18.9 Å². The first kappa shape index (κ1) is 16.3. The van der Waals surface area contributed by atoms with Crippen molar-refractivity contribution >= 4 is 28.8 Å². The quantitative estimate of drug-likeness (QED) is 0.889. The fourth-order valence-electron chi connectivity index (χ4n) is 4.01. The Morgan fingerprint density at radius 3 is 2.72 bits per heavy atom. The Kier molecular flexibility index (Phi) is 4.31. The third-order valence-corrected chi connectivity index (χ3v) is 6.22. The number of hydrogen-bond donors (Lipinski definition) is 2. The molecule has 1 aromatic heterocycles. The first-order valence-corrected chi connectivity index (χ1v) is 9.50. The topological polar surface area (TPSA) is 75.4 Å². The number of nitrogens with two attached hydrogens (primary N) is 1. The lowest BCUT2D eigenvalue weighted by atomic mass is 9.98. The number of amides is 2. The molecule has 3 atom stereocenters. The van der Waals surface area contributed by atoms with Crippen LogP contribution in [-0.2, 0) is 0 Å². The molecule has 0 radical (unpaired) electrons. The third-order valence-electron chi connectivity index (χ3n) is 5.35. The first-order valence-electron chi connectivity index (χ1n) is 8.62. The molecule has 2 heterocycles. The van der Waals surface area contributed by atoms with Crippen LogP contribution in [0.5, 0.6) is 0 Å². The van der Waals surface area contributed by atoms with E-state index in [1.807, 2.05) is 28.5 Å². The van der Waals surface area contributed by atoms with E-state index in [9.17, 15) is 9.59 Å². The summed E-state index contributed by atoms with van der Waals surface area (Å²) in [5, 5.41) is 4.74. The molecule has 2 fully saturated rings. The Labute approximate surface area is 150 Å². The molecule has 1 saturated heterocycles. The van der Waals surface area contributed by atoms with Gasteiger partial charge in [0.05, 0.1) is 16.1 Å². The van der Waals surface area contributed by atoms with Gasteiger partial charge in [-0.3, -0.25) is 9.59 Å². The van der Waals surface area contributed by atoms with Gasteiger partial charge in [0.15, 0.2) is 0 Å². The highest BCUT2D eigenvalue weighted by atomic mass is 32.1. The Morgan fingerprint density at radius 2 is 1.96 bits per heavy atom. The summed E-state index contributed by atoms with van der Waals surface area (Å²) in [5.41, 5.74) is 7.28. The maximum atomic E-state index is 13.0. The normalized spacial score (nSPS) is 25.0. The lowest BCUT2D eigenvalue weighted by Gasteiger charge is -2.20. The van der Waals surface area contributed by atoms with Crippen molar-refractivity contribution < 1.29 is 9.59 Å². The van der Waals surface area contributed by atoms with Gasteiger partial charge in [0.1, 0.15) is 0 Å². The van der Waals surface area contributed by atoms with Crippen LogP contribution >= 0.6 is 11.3 Å². The summed E-state index contributed by atoms with van der Waals surface area (Å²) in [5.74, 6) is 0.725. The smallest absolute Gasteiger partial charge is 0.265 e. The number of benzene rings is 1. The molecule has 2 aromatic rings. The molecule has 25 heavy (non-hydrogen) atoms. The molecular formula is C19H21N3O2S. The highest BCUT2D eigenvalue weighted by Crippen LogP contribution is 2.38. The van der Waals surface area contributed by atoms with E-state index in [1.54, 1.807) is 18.2 Å². The van der Waals surface area contributed by atoms with Gasteiger partial charge in [0, 0.05) is 19.1 Å². The molecule has 4 rings (SSSR count). The summed E-state index contributed by atoms with van der Waals surface area (Å²) in [6, 6.07) is 11.0. The van der Waals surface area contributed by atoms with Gasteiger partial charge in [0.25, 0.3) is 11.8 Å². The molecule has 1 aliphatic heterocycles. The van der Waals surface area contributed by atoms with E-state index in [2.05, 4.69) is 5.32 Å². The van der Waals surface area contributed by atoms with Crippen LogP contribution in [0.15, 0.2) is 41.8 Å². The molecule has 1 aliphatic carbocycles. The SMILES string of the molecule is NC1CCC2CN(C(=O)c3ccccc3NC(=O)c3cccs3)CC12. The van der Waals surface area contributed by atoms with E-state index in [-0.39, 0.29) is 17.9 Å². The van der Waals surface area contributed by atoms with Gasteiger partial charge in [-0.15, -0.1) is 11.3 Å². The number of likely N-dealkylation sites (tertiary alicyclic amines) is 1. The monoisotopic (exact) mass is 355 g/mol. The first-order chi connectivity index (χ1) is 12.1. The van der Waals surface area contributed by atoms with Crippen LogP contribution in [0.4, 0.5) is 5.69 Å². The number of rotatable bonds is 3. The molecule has 3 N–H and O–H groups in total. The number of para-hydroxylation sites is 1. The van der Waals surface area contributed by atoms with E-state index in [0.29, 0.717) is 28.0 Å². The summed E-state index contributed by atoms with van der Waals surface area (Å²) >= 11 is 1.38. The van der Waals surface area contributed by atoms with Crippen LogP contribution in [0.2, 0.25) is 0 Å². The van der Waals surface area contributed by atoms with E-state index >= 15 is 0 Å². The average Bonchev–Trinajstić information content (AvgIpc) is 3.34. The van der Waals surface area contributed by atoms with E-state index < -0.39 is 0 Å². The van der Waals surface area contributed by atoms with Crippen LogP contribution < -0.4 is 11.1 Å². The van der Waals surface area contributed by atoms with Gasteiger partial charge in [-0.2, -0.15) is 0 Å². The number of carbonyl (C=O) groups is 2. The molecule has 2 amide bonds. The van der Waals surface area contributed by atoms with E-state index in [0.717, 1.165) is 25.9 Å². The van der Waals surface area contributed by atoms with Crippen LogP contribution in [0, 0.1) is 11.8 Å². The highest BCUT2D eigenvalue weighted by Gasteiger charge is 2.42. The minimum Gasteiger partial charge on any atom is -0.338 e. The zero-order valence-electron chi connectivity index (χ0n) is 13.9. The Balaban J connectivity index is 1.53. The fourth-order valence-corrected chi connectivity index (χ4v) is 4.63. The summed E-state index contributed by atoms with van der Waals surface area (Å²) in [7, 11) is 0. The molecule has 0 spiro atoms. The zero-order valence-corrected chi connectivity index (χ0v) is 14.7. The zero-order chi connectivity index (χ0) is 17.4. The van der Waals surface area contributed by atoms with Crippen molar-refractivity contribution in [1.82, 2.24) is 4.90 Å². The Bertz CT molecular complexity index is 790. The van der Waals surface area contributed by atoms with Crippen molar-refractivity contribution in [3.8, 4) is 0 Å². The molecule has 6 heteroatoms. The molecule has 5 nitrogen and oxygen atoms in total. The number of nitrogens with one attached hydrogen (secondary N) is 1. The fraction of sp³-hybridized carbons (Fsp3) is 0.368. The maximum absolute atomic E-state index is 13.0. The van der Waals surface area contributed by atoms with Gasteiger partial charge in [0.2, 0.25) is 0 Å². The van der Waals surface area contributed by atoms with Crippen LogP contribution in [-0.4, -0.2) is 35.8 Å². The minimum atomic E-state index is -0.185. The second-order valence-electron chi connectivity index (χ2n) is 6.85. The number of nitrogens with zero attached hydrogens (tertiary/aromatic N) is 1. The van der Waals surface area contributed by atoms with Gasteiger partial charge in [-0.25, -0.2) is 0 Å². The second kappa shape index (κ2) is 6.61. The molecule has 3 unspecified atom stereocenters. The lowest BCUT2D eigenvalue weighted by molar-refractivity contribution is 0.0780. The number of thiophene rings is 1. The predicted molar refractivity (Wildman–Crippen MR) is 98.8 cm³/mol. The van der Waals surface area contributed by atoms with Gasteiger partial charge in [-0.05, 0) is 48.3 Å². The van der Waals surface area contributed by atoms with Crippen molar-refractivity contribution in [1.29, 1.82) is 0 Å². The maximum Gasteiger partial charge on any atom is 0.265 e. The van der Waals surface area contributed by atoms with E-state index in [4.69, 9.17) is 5.73 Å². The molecule has 0 bridgehead atoms. The largest absolute Gasteiger partial charge is 0.338 e. The Morgan fingerprint density at radius 1 is 1.12 bits per heavy atom. The van der Waals surface area contributed by atoms with Crippen molar-refractivity contribution in [2.75, 3.05) is 18.4 Å². The standard InChI is InChI=1S/C19H21N3O2S/c20-15-8-7-12-10-22(11-14(12)15)19(24)13-4-1-2-5-16(13)21-18(23)17-6-3-9-25-17/h1-6,9,12,14-15H,7-8,10-11,20H2,(H,21,23). The van der Waals surface area contributed by atoms with Crippen LogP contribution in [0.1, 0.15) is 32.9 Å². The van der Waals surface area contributed by atoms with Gasteiger partial charge in [-0.1, -0.05) is 18.2 Å². The minimum absolute atomic E-state index is 0.0244. The summed E-state index contributed by atoms with van der Waals surface area (Å²) in [6.45, 7) is 1.49. The highest BCUT2D eigenvalue weighted by molar-refractivity contribution is 7.12. The predicted octanol–water partition coefficient (Wildman–Crippen LogP) is 2.81. The molecule has 2 aliphatic rings. The number of fused-ring (bicyclic) bond motifs is 1. The second-order valence-corrected chi connectivity index (χ2v) is 7.80. The van der Waals surface area contributed by atoms with E-state index in [1.165, 1.54) is 11.3 Å². The molecule has 130 valence electrons. The average molecular weight is 355 g/mol. The summed E-state index contributed by atoms with van der Waals surface area (Å²) in [6.07, 6.45) is 2.16.